The number of anilines is 1. The number of carbonyl (C=O) groups excluding carboxylic acids is 2. The summed E-state index contributed by atoms with van der Waals surface area (Å²) < 4.78 is 0. The van der Waals surface area contributed by atoms with E-state index in [0.29, 0.717) is 28.8 Å². The fourth-order valence-electron chi connectivity index (χ4n) is 1.87. The molecule has 1 N–H and O–H groups in total. The number of amides is 2. The van der Waals surface area contributed by atoms with E-state index in [1.54, 1.807) is 30.9 Å². The van der Waals surface area contributed by atoms with Crippen LogP contribution in [0.5, 0.6) is 0 Å². The van der Waals surface area contributed by atoms with E-state index in [1.165, 1.54) is 6.07 Å². The minimum Gasteiger partial charge on any atom is -0.342 e. The standard InChI is InChI=1S/C15H20Cl2N2O2/c1-5-19(6-2)14(21)15(3,4)13(20)18-12-8-7-10(16)9-11(12)17/h7-9H,5-6H2,1-4H3,(H,18,20). The summed E-state index contributed by atoms with van der Waals surface area (Å²) in [6.07, 6.45) is 0. The molecular formula is C15H20Cl2N2O2. The van der Waals surface area contributed by atoms with Gasteiger partial charge >= 0.3 is 0 Å². The van der Waals surface area contributed by atoms with Crippen molar-refractivity contribution in [3.05, 3.63) is 28.2 Å². The summed E-state index contributed by atoms with van der Waals surface area (Å²) in [6.45, 7) is 8.10. The Morgan fingerprint density at radius 2 is 1.76 bits per heavy atom. The molecule has 0 bridgehead atoms. The van der Waals surface area contributed by atoms with Crippen molar-refractivity contribution in [3.63, 3.8) is 0 Å². The number of benzene rings is 1. The Morgan fingerprint density at radius 1 is 1.19 bits per heavy atom. The molecule has 0 fully saturated rings. The van der Waals surface area contributed by atoms with Crippen LogP contribution in [-0.4, -0.2) is 29.8 Å². The van der Waals surface area contributed by atoms with Gasteiger partial charge in [0.2, 0.25) is 11.8 Å². The third-order valence-electron chi connectivity index (χ3n) is 3.33. The highest BCUT2D eigenvalue weighted by Crippen LogP contribution is 2.28. The summed E-state index contributed by atoms with van der Waals surface area (Å²) in [6, 6.07) is 4.78. The topological polar surface area (TPSA) is 49.4 Å². The largest absolute Gasteiger partial charge is 0.342 e. The van der Waals surface area contributed by atoms with Gasteiger partial charge in [-0.2, -0.15) is 0 Å². The van der Waals surface area contributed by atoms with Crippen molar-refractivity contribution in [2.75, 3.05) is 18.4 Å². The molecule has 0 saturated heterocycles. The second-order valence-corrected chi connectivity index (χ2v) is 6.02. The SMILES string of the molecule is CCN(CC)C(=O)C(C)(C)C(=O)Nc1ccc(Cl)cc1Cl. The summed E-state index contributed by atoms with van der Waals surface area (Å²) in [4.78, 5) is 26.4. The summed E-state index contributed by atoms with van der Waals surface area (Å²) in [7, 11) is 0. The van der Waals surface area contributed by atoms with Gasteiger partial charge in [-0.25, -0.2) is 0 Å². The fraction of sp³-hybridized carbons (Fsp3) is 0.467. The van der Waals surface area contributed by atoms with Gasteiger partial charge in [-0.15, -0.1) is 0 Å². The summed E-state index contributed by atoms with van der Waals surface area (Å²) in [5, 5.41) is 3.50. The lowest BCUT2D eigenvalue weighted by atomic mass is 9.90. The number of halogens is 2. The van der Waals surface area contributed by atoms with Crippen molar-refractivity contribution in [1.82, 2.24) is 4.90 Å². The van der Waals surface area contributed by atoms with E-state index in [2.05, 4.69) is 5.32 Å². The Hall–Kier alpha value is -1.26. The molecule has 0 unspecified atom stereocenters. The molecule has 2 amide bonds. The van der Waals surface area contributed by atoms with E-state index in [0.717, 1.165) is 0 Å². The zero-order valence-electron chi connectivity index (χ0n) is 12.7. The molecule has 1 aromatic carbocycles. The molecule has 21 heavy (non-hydrogen) atoms. The van der Waals surface area contributed by atoms with Crippen LogP contribution < -0.4 is 5.32 Å². The van der Waals surface area contributed by atoms with Crippen molar-refractivity contribution in [2.24, 2.45) is 5.41 Å². The molecule has 1 aromatic rings. The molecule has 4 nitrogen and oxygen atoms in total. The number of hydrogen-bond donors (Lipinski definition) is 1. The molecule has 0 aromatic heterocycles. The molecule has 1 rings (SSSR count). The van der Waals surface area contributed by atoms with E-state index in [4.69, 9.17) is 23.2 Å². The summed E-state index contributed by atoms with van der Waals surface area (Å²) >= 11 is 11.8. The van der Waals surface area contributed by atoms with Crippen molar-refractivity contribution < 1.29 is 9.59 Å². The monoisotopic (exact) mass is 330 g/mol. The van der Waals surface area contributed by atoms with Crippen LogP contribution in [0.3, 0.4) is 0 Å². The predicted molar refractivity (Wildman–Crippen MR) is 86.8 cm³/mol. The zero-order valence-corrected chi connectivity index (χ0v) is 14.2. The highest BCUT2D eigenvalue weighted by atomic mass is 35.5. The number of nitrogens with zero attached hydrogens (tertiary/aromatic N) is 1. The predicted octanol–water partition coefficient (Wildman–Crippen LogP) is 3.83. The second-order valence-electron chi connectivity index (χ2n) is 5.18. The zero-order chi connectivity index (χ0) is 16.2. The molecule has 0 atom stereocenters. The summed E-state index contributed by atoms with van der Waals surface area (Å²) in [5.41, 5.74) is -0.735. The van der Waals surface area contributed by atoms with Gasteiger partial charge in [0.1, 0.15) is 5.41 Å². The van der Waals surface area contributed by atoms with E-state index < -0.39 is 11.3 Å². The molecule has 0 aliphatic carbocycles. The number of carbonyl (C=O) groups is 2. The maximum absolute atomic E-state index is 12.4. The lowest BCUT2D eigenvalue weighted by molar-refractivity contribution is -0.146. The summed E-state index contributed by atoms with van der Waals surface area (Å²) in [5.74, 6) is -0.612. The molecule has 0 radical (unpaired) electrons. The number of nitrogens with one attached hydrogen (secondary N) is 1. The third-order valence-corrected chi connectivity index (χ3v) is 3.88. The number of hydrogen-bond acceptors (Lipinski definition) is 2. The molecule has 6 heteroatoms. The van der Waals surface area contributed by atoms with Gasteiger partial charge in [-0.3, -0.25) is 9.59 Å². The minimum absolute atomic E-state index is 0.213. The molecule has 0 aliphatic rings. The van der Waals surface area contributed by atoms with E-state index in [9.17, 15) is 9.59 Å². The van der Waals surface area contributed by atoms with Gasteiger partial charge in [0.15, 0.2) is 0 Å². The van der Waals surface area contributed by atoms with E-state index in [1.807, 2.05) is 13.8 Å². The van der Waals surface area contributed by atoms with Crippen LogP contribution in [0.15, 0.2) is 18.2 Å². The van der Waals surface area contributed by atoms with Crippen molar-refractivity contribution >= 4 is 40.7 Å². The van der Waals surface area contributed by atoms with Gasteiger partial charge < -0.3 is 10.2 Å². The van der Waals surface area contributed by atoms with E-state index in [-0.39, 0.29) is 5.91 Å². The van der Waals surface area contributed by atoms with E-state index >= 15 is 0 Å². The quantitative estimate of drug-likeness (QED) is 0.834. The van der Waals surface area contributed by atoms with Crippen LogP contribution in [0.25, 0.3) is 0 Å². The van der Waals surface area contributed by atoms with Crippen LogP contribution in [0.4, 0.5) is 5.69 Å². The lowest BCUT2D eigenvalue weighted by Crippen LogP contribution is -2.47. The smallest absolute Gasteiger partial charge is 0.239 e. The molecule has 116 valence electrons. The average Bonchev–Trinajstić information content (AvgIpc) is 2.42. The first-order valence-corrected chi connectivity index (χ1v) is 7.55. The van der Waals surface area contributed by atoms with Crippen LogP contribution in [0.1, 0.15) is 27.7 Å². The molecule has 0 spiro atoms. The van der Waals surface area contributed by atoms with Gasteiger partial charge in [-0.05, 0) is 45.9 Å². The highest BCUT2D eigenvalue weighted by molar-refractivity contribution is 6.36. The lowest BCUT2D eigenvalue weighted by Gasteiger charge is -2.29. The average molecular weight is 331 g/mol. The molecule has 0 heterocycles. The van der Waals surface area contributed by atoms with Gasteiger partial charge in [0.25, 0.3) is 0 Å². The van der Waals surface area contributed by atoms with Gasteiger partial charge in [0, 0.05) is 18.1 Å². The van der Waals surface area contributed by atoms with Crippen LogP contribution in [0, 0.1) is 5.41 Å². The molecule has 0 aliphatic heterocycles. The van der Waals surface area contributed by atoms with Gasteiger partial charge in [0.05, 0.1) is 10.7 Å². The highest BCUT2D eigenvalue weighted by Gasteiger charge is 2.38. The minimum atomic E-state index is -1.17. The second kappa shape index (κ2) is 7.14. The van der Waals surface area contributed by atoms with Crippen LogP contribution in [-0.2, 0) is 9.59 Å². The van der Waals surface area contributed by atoms with Crippen LogP contribution in [0.2, 0.25) is 10.0 Å². The molecule has 0 saturated carbocycles. The van der Waals surface area contributed by atoms with Gasteiger partial charge in [-0.1, -0.05) is 23.2 Å². The Kier molecular flexibility index (Phi) is 6.05. The first-order valence-electron chi connectivity index (χ1n) is 6.79. The normalized spacial score (nSPS) is 11.1. The Bertz CT molecular complexity index is 540. The van der Waals surface area contributed by atoms with Crippen molar-refractivity contribution in [1.29, 1.82) is 0 Å². The van der Waals surface area contributed by atoms with Crippen molar-refractivity contribution in [2.45, 2.75) is 27.7 Å². The fourth-order valence-corrected chi connectivity index (χ4v) is 2.33. The van der Waals surface area contributed by atoms with Crippen LogP contribution >= 0.6 is 23.2 Å². The number of rotatable bonds is 5. The Balaban J connectivity index is 2.93. The Labute approximate surface area is 135 Å². The van der Waals surface area contributed by atoms with Crippen molar-refractivity contribution in [3.8, 4) is 0 Å². The maximum Gasteiger partial charge on any atom is 0.239 e. The maximum atomic E-state index is 12.4. The molecular weight excluding hydrogens is 311 g/mol. The first kappa shape index (κ1) is 17.8. The Morgan fingerprint density at radius 3 is 2.24 bits per heavy atom. The first-order chi connectivity index (χ1) is 9.73. The third kappa shape index (κ3) is 4.11.